The van der Waals surface area contributed by atoms with Crippen LogP contribution >= 0.6 is 11.8 Å². The molecule has 1 aromatic rings. The van der Waals surface area contributed by atoms with E-state index in [2.05, 4.69) is 35.4 Å². The molecule has 1 rings (SSSR count). The fraction of sp³-hybridized carbons (Fsp3) is 0.690. The maximum absolute atomic E-state index is 11.7. The molecule has 0 radical (unpaired) electrons. The lowest BCUT2D eigenvalue weighted by Gasteiger charge is -2.25. The Morgan fingerprint density at radius 1 is 1.03 bits per heavy atom. The maximum Gasteiger partial charge on any atom is 0.219 e. The van der Waals surface area contributed by atoms with Gasteiger partial charge in [0.15, 0.2) is 0 Å². The van der Waals surface area contributed by atoms with Gasteiger partial charge in [-0.1, -0.05) is 51.7 Å². The van der Waals surface area contributed by atoms with Crippen LogP contribution in [-0.4, -0.2) is 86.9 Å². The lowest BCUT2D eigenvalue weighted by atomic mass is 10.1. The van der Waals surface area contributed by atoms with E-state index in [1.807, 2.05) is 24.1 Å². The molecule has 2 N–H and O–H groups in total. The van der Waals surface area contributed by atoms with Crippen molar-refractivity contribution >= 4 is 30.2 Å². The van der Waals surface area contributed by atoms with Crippen molar-refractivity contribution in [2.75, 3.05) is 52.6 Å². The number of aldehydes is 2. The lowest BCUT2D eigenvalue weighted by Crippen LogP contribution is -2.34. The summed E-state index contributed by atoms with van der Waals surface area (Å²) in [6, 6.07) is 5.45. The van der Waals surface area contributed by atoms with Crippen molar-refractivity contribution < 1.29 is 14.4 Å². The molecule has 0 bridgehead atoms. The number of carbonyl (C=O) groups is 3. The number of hydrogen-bond donors (Lipinski definition) is 2. The molecular formula is C29H50N4O3S. The van der Waals surface area contributed by atoms with Crippen molar-refractivity contribution in [2.45, 2.75) is 82.7 Å². The molecule has 1 aromatic carbocycles. The van der Waals surface area contributed by atoms with E-state index in [0.29, 0.717) is 24.9 Å². The zero-order valence-electron chi connectivity index (χ0n) is 23.6. The zero-order valence-corrected chi connectivity index (χ0v) is 24.4. The molecule has 7 nitrogen and oxygen atoms in total. The number of amides is 1. The summed E-state index contributed by atoms with van der Waals surface area (Å²) in [5, 5.41) is 6.15. The van der Waals surface area contributed by atoms with Crippen molar-refractivity contribution in [1.82, 2.24) is 20.4 Å². The molecule has 8 heteroatoms. The molecule has 0 aromatic heterocycles. The largest absolute Gasteiger partial charge is 0.359 e. The minimum atomic E-state index is -0.368. The Balaban J connectivity index is 2.36. The van der Waals surface area contributed by atoms with Crippen molar-refractivity contribution in [1.29, 1.82) is 0 Å². The van der Waals surface area contributed by atoms with E-state index in [1.165, 1.54) is 32.1 Å². The molecule has 0 spiro atoms. The van der Waals surface area contributed by atoms with Crippen LogP contribution in [0.4, 0.5) is 0 Å². The number of nitrogens with zero attached hydrogens (tertiary/aromatic N) is 2. The van der Waals surface area contributed by atoms with Gasteiger partial charge in [0, 0.05) is 43.6 Å². The number of likely N-dealkylation sites (N-methyl/N-ethyl adjacent to an activating group) is 2. The van der Waals surface area contributed by atoms with Crippen LogP contribution < -0.4 is 10.6 Å². The quantitative estimate of drug-likeness (QED) is 0.122. The van der Waals surface area contributed by atoms with E-state index in [0.717, 1.165) is 67.9 Å². The predicted molar refractivity (Wildman–Crippen MR) is 156 cm³/mol. The number of thioether (sulfide) groups is 1. The summed E-state index contributed by atoms with van der Waals surface area (Å²) in [6.07, 6.45) is 9.97. The van der Waals surface area contributed by atoms with E-state index < -0.39 is 0 Å². The summed E-state index contributed by atoms with van der Waals surface area (Å²) < 4.78 is 0. The molecule has 0 heterocycles. The summed E-state index contributed by atoms with van der Waals surface area (Å²) in [6.45, 7) is 10.5. The Morgan fingerprint density at radius 3 is 2.38 bits per heavy atom. The first-order chi connectivity index (χ1) is 18.0. The summed E-state index contributed by atoms with van der Waals surface area (Å²) in [5.74, 6) is 0.937. The van der Waals surface area contributed by atoms with E-state index >= 15 is 0 Å². The van der Waals surface area contributed by atoms with Crippen molar-refractivity contribution in [2.24, 2.45) is 0 Å². The molecule has 0 aliphatic carbocycles. The van der Waals surface area contributed by atoms with Crippen molar-refractivity contribution in [3.8, 4) is 0 Å². The molecule has 0 saturated carbocycles. The molecule has 1 amide bonds. The van der Waals surface area contributed by atoms with Gasteiger partial charge < -0.3 is 20.3 Å². The fourth-order valence-corrected chi connectivity index (χ4v) is 5.40. The topological polar surface area (TPSA) is 81.8 Å². The Morgan fingerprint density at radius 2 is 1.73 bits per heavy atom. The first kappa shape index (κ1) is 33.3. The Bertz CT molecular complexity index is 774. The van der Waals surface area contributed by atoms with Gasteiger partial charge in [0.1, 0.15) is 12.6 Å². The second-order valence-corrected chi connectivity index (χ2v) is 10.7. The summed E-state index contributed by atoms with van der Waals surface area (Å²) in [7, 11) is 3.47. The summed E-state index contributed by atoms with van der Waals surface area (Å²) >= 11 is 1.79. The minimum Gasteiger partial charge on any atom is -0.359 e. The molecule has 0 fully saturated rings. The molecular weight excluding hydrogens is 484 g/mol. The van der Waals surface area contributed by atoms with Crippen LogP contribution in [0, 0.1) is 0 Å². The van der Waals surface area contributed by atoms with Crippen LogP contribution in [0.3, 0.4) is 0 Å². The second-order valence-electron chi connectivity index (χ2n) is 9.52. The molecule has 0 aliphatic rings. The van der Waals surface area contributed by atoms with Gasteiger partial charge in [0.2, 0.25) is 5.91 Å². The van der Waals surface area contributed by atoms with E-state index in [9.17, 15) is 14.4 Å². The number of nitrogens with one attached hydrogen (secondary N) is 2. The highest BCUT2D eigenvalue weighted by molar-refractivity contribution is 7.99. The monoisotopic (exact) mass is 534 g/mol. The van der Waals surface area contributed by atoms with Crippen LogP contribution in [-0.2, 0) is 16.1 Å². The Labute approximate surface area is 229 Å². The van der Waals surface area contributed by atoms with Crippen LogP contribution in [0.2, 0.25) is 0 Å². The van der Waals surface area contributed by atoms with Crippen molar-refractivity contribution in [3.05, 3.63) is 29.3 Å². The van der Waals surface area contributed by atoms with Gasteiger partial charge in [-0.3, -0.25) is 14.5 Å². The molecule has 0 saturated heterocycles. The standard InChI is InChI=1S/C29H50N4O3S/c1-5-33(6-2)20-19-31-18-11-9-7-8-10-12-21-37-28-15-13-14-25(23-34)27(28)22-32(4)26(24-35)16-17-29(36)30-3/h13-15,23-24,26,31H,5-12,16-22H2,1-4H3,(H,30,36). The van der Waals surface area contributed by atoms with Gasteiger partial charge >= 0.3 is 0 Å². The predicted octanol–water partition coefficient (Wildman–Crippen LogP) is 4.39. The van der Waals surface area contributed by atoms with Crippen LogP contribution in [0.25, 0.3) is 0 Å². The van der Waals surface area contributed by atoms with E-state index in [1.54, 1.807) is 18.8 Å². The normalized spacial score (nSPS) is 12.2. The summed E-state index contributed by atoms with van der Waals surface area (Å²) in [4.78, 5) is 40.4. The number of rotatable bonds is 23. The molecule has 37 heavy (non-hydrogen) atoms. The fourth-order valence-electron chi connectivity index (χ4n) is 4.30. The third kappa shape index (κ3) is 14.1. The maximum atomic E-state index is 11.7. The molecule has 1 atom stereocenters. The first-order valence-corrected chi connectivity index (χ1v) is 15.0. The average molecular weight is 535 g/mol. The van der Waals surface area contributed by atoms with Gasteiger partial charge in [-0.15, -0.1) is 11.8 Å². The lowest BCUT2D eigenvalue weighted by molar-refractivity contribution is -0.121. The smallest absolute Gasteiger partial charge is 0.219 e. The van der Waals surface area contributed by atoms with Gasteiger partial charge in [-0.25, -0.2) is 0 Å². The van der Waals surface area contributed by atoms with Gasteiger partial charge in [0.25, 0.3) is 0 Å². The Kier molecular flexibility index (Phi) is 19.1. The number of benzene rings is 1. The Hall–Kier alpha value is -1.74. The highest BCUT2D eigenvalue weighted by Crippen LogP contribution is 2.28. The third-order valence-electron chi connectivity index (χ3n) is 6.88. The molecule has 0 aliphatic heterocycles. The van der Waals surface area contributed by atoms with Crippen molar-refractivity contribution in [3.63, 3.8) is 0 Å². The van der Waals surface area contributed by atoms with Crippen LogP contribution in [0.15, 0.2) is 23.1 Å². The highest BCUT2D eigenvalue weighted by Gasteiger charge is 2.18. The zero-order chi connectivity index (χ0) is 27.3. The SMILES string of the molecule is CCN(CC)CCNCCCCCCCCSc1cccc(C=O)c1CN(C)C(C=O)CCC(=O)NC. The third-order valence-corrected chi connectivity index (χ3v) is 8.06. The van der Waals surface area contributed by atoms with Gasteiger partial charge in [-0.2, -0.15) is 0 Å². The first-order valence-electron chi connectivity index (χ1n) is 14.0. The number of hydrogen-bond acceptors (Lipinski definition) is 7. The molecule has 1 unspecified atom stereocenters. The average Bonchev–Trinajstić information content (AvgIpc) is 2.92. The minimum absolute atomic E-state index is 0.0765. The van der Waals surface area contributed by atoms with E-state index in [4.69, 9.17) is 0 Å². The highest BCUT2D eigenvalue weighted by atomic mass is 32.2. The van der Waals surface area contributed by atoms with Gasteiger partial charge in [0.05, 0.1) is 6.04 Å². The van der Waals surface area contributed by atoms with E-state index in [-0.39, 0.29) is 11.9 Å². The summed E-state index contributed by atoms with van der Waals surface area (Å²) in [5.41, 5.74) is 1.63. The van der Waals surface area contributed by atoms with Crippen LogP contribution in [0.5, 0.6) is 0 Å². The van der Waals surface area contributed by atoms with Crippen LogP contribution in [0.1, 0.15) is 81.1 Å². The number of carbonyl (C=O) groups excluding carboxylic acids is 3. The second kappa shape index (κ2) is 21.2. The number of unbranched alkanes of at least 4 members (excludes halogenated alkanes) is 5. The molecule has 210 valence electrons. The van der Waals surface area contributed by atoms with Gasteiger partial charge in [-0.05, 0) is 63.3 Å².